The molecule has 2 aliphatic heterocycles. The van der Waals surface area contributed by atoms with E-state index in [0.29, 0.717) is 18.9 Å². The van der Waals surface area contributed by atoms with E-state index in [1.165, 1.54) is 18.2 Å². The highest BCUT2D eigenvalue weighted by molar-refractivity contribution is 5.86. The number of alkyl halides is 3. The first-order chi connectivity index (χ1) is 20.5. The van der Waals surface area contributed by atoms with Gasteiger partial charge in [-0.25, -0.2) is 4.39 Å². The van der Waals surface area contributed by atoms with Crippen molar-refractivity contribution < 1.29 is 41.7 Å². The van der Waals surface area contributed by atoms with Gasteiger partial charge in [-0.05, 0) is 111 Å². The molecule has 2 atom stereocenters. The number of ether oxygens (including phenoxy) is 2. The zero-order valence-corrected chi connectivity index (χ0v) is 24.0. The molecule has 2 saturated heterocycles. The van der Waals surface area contributed by atoms with E-state index in [1.807, 2.05) is 12.1 Å². The van der Waals surface area contributed by atoms with Crippen molar-refractivity contribution in [3.63, 3.8) is 0 Å². The fourth-order valence-electron chi connectivity index (χ4n) is 6.39. The molecule has 2 aromatic rings. The minimum Gasteiger partial charge on any atom is -0.494 e. The third kappa shape index (κ3) is 7.86. The summed E-state index contributed by atoms with van der Waals surface area (Å²) in [5.74, 6) is -1.09. The first-order valence-electron chi connectivity index (χ1n) is 15.0. The second-order valence-electron chi connectivity index (χ2n) is 11.9. The molecule has 1 amide bonds. The Bertz CT molecular complexity index is 1270. The molecule has 2 aromatic carbocycles. The van der Waals surface area contributed by atoms with Crippen LogP contribution in [0.3, 0.4) is 0 Å². The molecule has 0 bridgehead atoms. The highest BCUT2D eigenvalue weighted by atomic mass is 19.4. The number of carbonyl (C=O) groups is 2. The van der Waals surface area contributed by atoms with Crippen LogP contribution in [0.4, 0.5) is 17.6 Å². The maximum Gasteiger partial charge on any atom is 0.416 e. The Morgan fingerprint density at radius 2 is 1.77 bits per heavy atom. The van der Waals surface area contributed by atoms with Gasteiger partial charge in [0.2, 0.25) is 0 Å². The van der Waals surface area contributed by atoms with Crippen molar-refractivity contribution in [2.24, 2.45) is 5.92 Å². The summed E-state index contributed by atoms with van der Waals surface area (Å²) in [5.41, 5.74) is -0.492. The van der Waals surface area contributed by atoms with Crippen molar-refractivity contribution in [2.75, 3.05) is 26.3 Å². The van der Waals surface area contributed by atoms with E-state index in [-0.39, 0.29) is 61.0 Å². The number of amides is 1. The Labute approximate surface area is 248 Å². The van der Waals surface area contributed by atoms with Gasteiger partial charge in [-0.15, -0.1) is 0 Å². The van der Waals surface area contributed by atoms with Crippen LogP contribution in [0.5, 0.6) is 5.75 Å². The summed E-state index contributed by atoms with van der Waals surface area (Å²) in [6, 6.07) is 10.2. The molecule has 3 aliphatic rings. The molecule has 1 saturated carbocycles. The molecule has 3 fully saturated rings. The first-order valence-corrected chi connectivity index (χ1v) is 15.0. The van der Waals surface area contributed by atoms with Gasteiger partial charge < -0.3 is 19.9 Å². The van der Waals surface area contributed by atoms with E-state index in [0.717, 1.165) is 62.9 Å². The highest BCUT2D eigenvalue weighted by Gasteiger charge is 2.54. The van der Waals surface area contributed by atoms with Crippen LogP contribution in [-0.2, 0) is 27.0 Å². The van der Waals surface area contributed by atoms with Gasteiger partial charge in [-0.2, -0.15) is 13.2 Å². The lowest BCUT2D eigenvalue weighted by molar-refractivity contribution is -0.165. The largest absolute Gasteiger partial charge is 0.494 e. The zero-order valence-electron chi connectivity index (χ0n) is 24.0. The third-order valence-corrected chi connectivity index (χ3v) is 8.94. The van der Waals surface area contributed by atoms with Gasteiger partial charge in [-0.1, -0.05) is 12.1 Å². The van der Waals surface area contributed by atoms with Crippen LogP contribution in [0.15, 0.2) is 42.5 Å². The summed E-state index contributed by atoms with van der Waals surface area (Å²) in [6.45, 7) is 2.06. The summed E-state index contributed by atoms with van der Waals surface area (Å²) >= 11 is 0. The zero-order chi connectivity index (χ0) is 30.6. The maximum absolute atomic E-state index is 13.6. The number of benzene rings is 2. The second kappa shape index (κ2) is 13.2. The third-order valence-electron chi connectivity index (χ3n) is 8.94. The Balaban J connectivity index is 1.17. The van der Waals surface area contributed by atoms with Crippen LogP contribution in [0.2, 0.25) is 0 Å². The molecule has 43 heavy (non-hydrogen) atoms. The molecule has 5 rings (SSSR count). The van der Waals surface area contributed by atoms with Crippen LogP contribution in [0.25, 0.3) is 0 Å². The number of carboxylic acids is 1. The van der Waals surface area contributed by atoms with E-state index in [9.17, 15) is 27.2 Å². The Hall–Kier alpha value is -3.18. The highest BCUT2D eigenvalue weighted by Crippen LogP contribution is 2.47. The number of aliphatic carboxylic acids is 1. The SMILES string of the molecule is O=C(O)CCCOc1cc(CNC(=O)[C@@]2(C3CC3)CC[C@@H](N3CCC(c4ccc(F)cc4)CC3)CO2)cc(C(F)(F)F)c1. The van der Waals surface area contributed by atoms with Gasteiger partial charge in [0.25, 0.3) is 5.91 Å². The van der Waals surface area contributed by atoms with E-state index < -0.39 is 23.3 Å². The van der Waals surface area contributed by atoms with Crippen LogP contribution < -0.4 is 10.1 Å². The summed E-state index contributed by atoms with van der Waals surface area (Å²) in [6.07, 6.45) is 0.431. The molecule has 1 aliphatic carbocycles. The Morgan fingerprint density at radius 3 is 2.37 bits per heavy atom. The lowest BCUT2D eigenvalue weighted by atomic mass is 9.84. The van der Waals surface area contributed by atoms with Crippen LogP contribution in [0.1, 0.15) is 74.0 Å². The quantitative estimate of drug-likeness (QED) is 0.244. The minimum absolute atomic E-state index is 0.0266. The van der Waals surface area contributed by atoms with Gasteiger partial charge in [0.05, 0.1) is 18.8 Å². The van der Waals surface area contributed by atoms with Gasteiger partial charge in [0.15, 0.2) is 0 Å². The fraction of sp³-hybridized carbons (Fsp3) is 0.562. The van der Waals surface area contributed by atoms with Crippen molar-refractivity contribution in [2.45, 2.75) is 81.6 Å². The lowest BCUT2D eigenvalue weighted by Crippen LogP contribution is -2.57. The van der Waals surface area contributed by atoms with Gasteiger partial charge >= 0.3 is 12.1 Å². The normalized spacial score (nSPS) is 23.6. The second-order valence-corrected chi connectivity index (χ2v) is 11.9. The maximum atomic E-state index is 13.6. The number of nitrogens with one attached hydrogen (secondary N) is 1. The molecule has 0 radical (unpaired) electrons. The standard InChI is InChI=1S/C32H38F4N2O5/c33-26-7-3-22(4-8-26)23-10-13-38(14-11-23)27-9-12-31(43-20-27,24-5-6-24)30(41)37-19-21-16-25(32(34,35)36)18-28(17-21)42-15-1-2-29(39)40/h3-4,7-8,16-18,23-24,27H,1-2,5-6,9-15,19-20H2,(H,37,41)(H,39,40)/t27-,31+/m1/s1. The molecule has 0 unspecified atom stereocenters. The fourth-order valence-corrected chi connectivity index (χ4v) is 6.39. The molecular weight excluding hydrogens is 568 g/mol. The van der Waals surface area contributed by atoms with E-state index in [2.05, 4.69) is 10.2 Å². The summed E-state index contributed by atoms with van der Waals surface area (Å²) in [5, 5.41) is 11.6. The smallest absolute Gasteiger partial charge is 0.416 e. The minimum atomic E-state index is -4.61. The molecule has 2 N–H and O–H groups in total. The van der Waals surface area contributed by atoms with Gasteiger partial charge in [-0.3, -0.25) is 14.5 Å². The van der Waals surface area contributed by atoms with Crippen molar-refractivity contribution in [1.29, 1.82) is 0 Å². The van der Waals surface area contributed by atoms with Crippen LogP contribution in [0, 0.1) is 11.7 Å². The number of rotatable bonds is 11. The Morgan fingerprint density at radius 1 is 1.05 bits per heavy atom. The summed E-state index contributed by atoms with van der Waals surface area (Å²) in [7, 11) is 0. The van der Waals surface area contributed by atoms with Crippen molar-refractivity contribution in [3.05, 3.63) is 65.0 Å². The van der Waals surface area contributed by atoms with Crippen molar-refractivity contribution in [1.82, 2.24) is 10.2 Å². The van der Waals surface area contributed by atoms with E-state index in [4.69, 9.17) is 14.6 Å². The number of piperidine rings is 1. The predicted octanol–water partition coefficient (Wildman–Crippen LogP) is 5.91. The number of nitrogens with zero attached hydrogens (tertiary/aromatic N) is 1. The van der Waals surface area contributed by atoms with Crippen LogP contribution >= 0.6 is 0 Å². The Kier molecular flexibility index (Phi) is 9.60. The molecule has 234 valence electrons. The van der Waals surface area contributed by atoms with E-state index in [1.54, 1.807) is 0 Å². The monoisotopic (exact) mass is 606 g/mol. The van der Waals surface area contributed by atoms with Crippen LogP contribution in [-0.4, -0.2) is 59.8 Å². The molecular formula is C32H38F4N2O5. The average molecular weight is 607 g/mol. The number of hydrogen-bond donors (Lipinski definition) is 2. The molecule has 0 aromatic heterocycles. The summed E-state index contributed by atoms with van der Waals surface area (Å²) in [4.78, 5) is 26.7. The predicted molar refractivity (Wildman–Crippen MR) is 150 cm³/mol. The summed E-state index contributed by atoms with van der Waals surface area (Å²) < 4.78 is 65.8. The number of likely N-dealkylation sites (tertiary alicyclic amines) is 1. The van der Waals surface area contributed by atoms with Gasteiger partial charge in [0, 0.05) is 19.0 Å². The lowest BCUT2D eigenvalue weighted by Gasteiger charge is -2.45. The number of halogens is 4. The van der Waals surface area contributed by atoms with Gasteiger partial charge in [0.1, 0.15) is 17.2 Å². The first kappa shape index (κ1) is 31.3. The average Bonchev–Trinajstić information content (AvgIpc) is 3.84. The van der Waals surface area contributed by atoms with Crippen molar-refractivity contribution >= 4 is 11.9 Å². The molecule has 7 nitrogen and oxygen atoms in total. The number of carbonyl (C=O) groups excluding carboxylic acids is 1. The molecule has 11 heteroatoms. The van der Waals surface area contributed by atoms with Crippen molar-refractivity contribution in [3.8, 4) is 5.75 Å². The topological polar surface area (TPSA) is 88.1 Å². The molecule has 2 heterocycles. The molecule has 0 spiro atoms. The van der Waals surface area contributed by atoms with E-state index >= 15 is 0 Å². The number of hydrogen-bond acceptors (Lipinski definition) is 5. The number of carboxylic acid groups (broad SMARTS) is 1.